The monoisotopic (exact) mass is 329 g/mol. The van der Waals surface area contributed by atoms with E-state index in [1.807, 2.05) is 0 Å². The van der Waals surface area contributed by atoms with Gasteiger partial charge in [0.15, 0.2) is 11.5 Å². The Balaban J connectivity index is 3.21. The van der Waals surface area contributed by atoms with Crippen LogP contribution in [0.2, 0.25) is 0 Å². The number of methoxy groups -OCH3 is 2. The Morgan fingerprint density at radius 3 is 2.42 bits per heavy atom. The van der Waals surface area contributed by atoms with E-state index in [0.29, 0.717) is 5.75 Å². The fourth-order valence-corrected chi connectivity index (χ4v) is 1.22. The van der Waals surface area contributed by atoms with Crippen LogP contribution in [0, 0.1) is 5.41 Å². The number of nitrogens with one attached hydrogen (secondary N) is 1. The molecule has 0 heterocycles. The van der Waals surface area contributed by atoms with E-state index in [0.717, 1.165) is 0 Å². The Hall–Kier alpha value is -0.840. The standard InChI is InChI=1S/C12H14Cl3NO3/c1-17-9-4-3-8(7-10(9)18-2)5-6-19-11(16)12(13,14)15/h3-4,7,16H,5-6H2,1-2H3/i5D2,6D2. The molecule has 1 aromatic carbocycles. The van der Waals surface area contributed by atoms with Crippen LogP contribution in [-0.2, 0) is 11.1 Å². The first-order valence-corrected chi connectivity index (χ1v) is 6.07. The minimum absolute atomic E-state index is 0.0998. The van der Waals surface area contributed by atoms with Crippen molar-refractivity contribution in [2.24, 2.45) is 0 Å². The summed E-state index contributed by atoms with van der Waals surface area (Å²) in [4.78, 5) is 0. The van der Waals surface area contributed by atoms with Gasteiger partial charge in [-0.1, -0.05) is 40.9 Å². The number of aryl methyl sites for hydroxylation is 1. The molecule has 19 heavy (non-hydrogen) atoms. The predicted molar refractivity (Wildman–Crippen MR) is 77.2 cm³/mol. The Bertz CT molecular complexity index is 593. The molecule has 0 amide bonds. The molecule has 4 nitrogen and oxygen atoms in total. The van der Waals surface area contributed by atoms with E-state index in [2.05, 4.69) is 4.74 Å². The van der Waals surface area contributed by atoms with E-state index in [-0.39, 0.29) is 11.3 Å². The Labute approximate surface area is 132 Å². The number of alkyl halides is 3. The number of hydrogen-bond donors (Lipinski definition) is 1. The molecule has 0 aliphatic heterocycles. The molecule has 1 N–H and O–H groups in total. The average Bonchev–Trinajstić information content (AvgIpc) is 2.44. The van der Waals surface area contributed by atoms with Crippen molar-refractivity contribution < 1.29 is 19.7 Å². The summed E-state index contributed by atoms with van der Waals surface area (Å²) in [5.41, 5.74) is -0.0998. The lowest BCUT2D eigenvalue weighted by Gasteiger charge is -2.14. The van der Waals surface area contributed by atoms with E-state index in [1.165, 1.54) is 32.4 Å². The highest BCUT2D eigenvalue weighted by atomic mass is 35.6. The zero-order chi connectivity index (χ0) is 18.1. The summed E-state index contributed by atoms with van der Waals surface area (Å²) in [7, 11) is 2.78. The molecule has 106 valence electrons. The summed E-state index contributed by atoms with van der Waals surface area (Å²) in [6, 6.07) is 3.99. The lowest BCUT2D eigenvalue weighted by molar-refractivity contribution is 0.299. The van der Waals surface area contributed by atoms with E-state index >= 15 is 0 Å². The molecule has 0 unspecified atom stereocenters. The maximum Gasteiger partial charge on any atom is 0.265 e. The van der Waals surface area contributed by atoms with E-state index < -0.39 is 22.6 Å². The lowest BCUT2D eigenvalue weighted by atomic mass is 10.1. The SMILES string of the molecule is [2H]C([2H])(OC(=N)C(Cl)(Cl)Cl)C([2H])([2H])c1ccc(OC)c(OC)c1. The van der Waals surface area contributed by atoms with Crippen LogP contribution in [-0.4, -0.2) is 30.5 Å². The lowest BCUT2D eigenvalue weighted by Crippen LogP contribution is -2.22. The third-order valence-electron chi connectivity index (χ3n) is 1.99. The van der Waals surface area contributed by atoms with E-state index in [1.54, 1.807) is 0 Å². The van der Waals surface area contributed by atoms with Gasteiger partial charge < -0.3 is 14.2 Å². The van der Waals surface area contributed by atoms with Gasteiger partial charge in [-0.05, 0) is 17.7 Å². The van der Waals surface area contributed by atoms with Crippen molar-refractivity contribution in [3.8, 4) is 11.5 Å². The molecule has 0 saturated heterocycles. The summed E-state index contributed by atoms with van der Waals surface area (Å²) in [5.74, 6) is -0.472. The molecule has 0 atom stereocenters. The first-order chi connectivity index (χ1) is 10.4. The van der Waals surface area contributed by atoms with Crippen molar-refractivity contribution in [2.75, 3.05) is 20.8 Å². The third-order valence-corrected chi connectivity index (χ3v) is 2.50. The molecule has 0 fully saturated rings. The van der Waals surface area contributed by atoms with Gasteiger partial charge in [-0.2, -0.15) is 0 Å². The number of halogens is 3. The van der Waals surface area contributed by atoms with Crippen molar-refractivity contribution in [2.45, 2.75) is 10.2 Å². The minimum Gasteiger partial charge on any atom is -0.493 e. The fraction of sp³-hybridized carbons (Fsp3) is 0.417. The van der Waals surface area contributed by atoms with Crippen LogP contribution >= 0.6 is 34.8 Å². The third kappa shape index (κ3) is 4.97. The van der Waals surface area contributed by atoms with Gasteiger partial charge in [-0.25, -0.2) is 0 Å². The van der Waals surface area contributed by atoms with Crippen molar-refractivity contribution >= 4 is 40.7 Å². The fourth-order valence-electron chi connectivity index (χ4n) is 1.11. The summed E-state index contributed by atoms with van der Waals surface area (Å²) in [5, 5.41) is 7.41. The first kappa shape index (κ1) is 10.9. The van der Waals surface area contributed by atoms with Gasteiger partial charge >= 0.3 is 0 Å². The Morgan fingerprint density at radius 1 is 1.26 bits per heavy atom. The van der Waals surface area contributed by atoms with Gasteiger partial charge in [-0.15, -0.1) is 0 Å². The average molecular weight is 331 g/mol. The summed E-state index contributed by atoms with van der Waals surface area (Å²) < 4.78 is 44.0. The Kier molecular flexibility index (Phi) is 4.06. The summed E-state index contributed by atoms with van der Waals surface area (Å²) >= 11 is 16.3. The topological polar surface area (TPSA) is 51.5 Å². The highest BCUT2D eigenvalue weighted by Crippen LogP contribution is 2.29. The zero-order valence-electron chi connectivity index (χ0n) is 14.1. The van der Waals surface area contributed by atoms with Gasteiger partial charge in [0.2, 0.25) is 5.90 Å². The minimum atomic E-state index is -2.98. The molecular formula is C12H14Cl3NO3. The second kappa shape index (κ2) is 7.08. The quantitative estimate of drug-likeness (QED) is 0.510. The summed E-state index contributed by atoms with van der Waals surface area (Å²) in [6.45, 7) is -2.98. The molecule has 1 aromatic rings. The van der Waals surface area contributed by atoms with E-state index in [4.69, 9.17) is 55.2 Å². The number of hydrogen-bond acceptors (Lipinski definition) is 4. The second-order valence-electron chi connectivity index (χ2n) is 3.23. The Morgan fingerprint density at radius 2 is 1.89 bits per heavy atom. The largest absolute Gasteiger partial charge is 0.493 e. The number of rotatable bonds is 5. The molecule has 0 bridgehead atoms. The van der Waals surface area contributed by atoms with Crippen LogP contribution in [0.1, 0.15) is 11.0 Å². The molecular weight excluding hydrogens is 312 g/mol. The molecule has 7 heteroatoms. The highest BCUT2D eigenvalue weighted by Gasteiger charge is 2.28. The molecule has 0 spiro atoms. The molecule has 0 saturated carbocycles. The normalized spacial score (nSPS) is 15.6. The number of benzene rings is 1. The van der Waals surface area contributed by atoms with Crippen LogP contribution < -0.4 is 9.47 Å². The van der Waals surface area contributed by atoms with Crippen LogP contribution in [0.3, 0.4) is 0 Å². The molecule has 1 rings (SSSR count). The zero-order valence-corrected chi connectivity index (χ0v) is 12.4. The van der Waals surface area contributed by atoms with Gasteiger partial charge in [0.25, 0.3) is 3.79 Å². The molecule has 0 aromatic heterocycles. The van der Waals surface area contributed by atoms with Crippen molar-refractivity contribution in [3.63, 3.8) is 0 Å². The van der Waals surface area contributed by atoms with Gasteiger partial charge in [-0.3, -0.25) is 5.41 Å². The molecule has 0 radical (unpaired) electrons. The summed E-state index contributed by atoms with van der Waals surface area (Å²) in [6.07, 6.45) is -2.67. The maximum absolute atomic E-state index is 8.01. The van der Waals surface area contributed by atoms with Crippen molar-refractivity contribution in [3.05, 3.63) is 23.8 Å². The predicted octanol–water partition coefficient (Wildman–Crippen LogP) is 3.61. The van der Waals surface area contributed by atoms with Gasteiger partial charge in [0.1, 0.15) is 0 Å². The van der Waals surface area contributed by atoms with Crippen molar-refractivity contribution in [1.82, 2.24) is 0 Å². The van der Waals surface area contributed by atoms with E-state index in [9.17, 15) is 0 Å². The van der Waals surface area contributed by atoms with Crippen LogP contribution in [0.4, 0.5) is 0 Å². The maximum atomic E-state index is 8.01. The van der Waals surface area contributed by atoms with Crippen LogP contribution in [0.15, 0.2) is 18.2 Å². The number of ether oxygens (including phenoxy) is 3. The van der Waals surface area contributed by atoms with Crippen molar-refractivity contribution in [1.29, 1.82) is 5.41 Å². The first-order valence-electron chi connectivity index (χ1n) is 6.94. The second-order valence-corrected chi connectivity index (χ2v) is 5.51. The molecule has 0 aliphatic carbocycles. The van der Waals surface area contributed by atoms with Gasteiger partial charge in [0.05, 0.1) is 23.5 Å². The van der Waals surface area contributed by atoms with Gasteiger partial charge in [0, 0.05) is 9.11 Å². The van der Waals surface area contributed by atoms with Crippen LogP contribution in [0.25, 0.3) is 0 Å². The molecule has 0 aliphatic rings. The smallest absolute Gasteiger partial charge is 0.265 e. The van der Waals surface area contributed by atoms with Crippen LogP contribution in [0.5, 0.6) is 11.5 Å². The highest BCUT2D eigenvalue weighted by molar-refractivity contribution is 6.76.